The Hall–Kier alpha value is -1.38. The van der Waals surface area contributed by atoms with E-state index in [0.717, 1.165) is 39.1 Å². The summed E-state index contributed by atoms with van der Waals surface area (Å²) in [6.45, 7) is 8.84. The van der Waals surface area contributed by atoms with Crippen LogP contribution in [0, 0.1) is 11.3 Å². The van der Waals surface area contributed by atoms with Gasteiger partial charge in [-0.2, -0.15) is 10.4 Å². The molecular weight excluding hydrogens is 250 g/mol. The first kappa shape index (κ1) is 13.6. The quantitative estimate of drug-likeness (QED) is 0.836. The molecule has 2 aliphatic heterocycles. The van der Waals surface area contributed by atoms with Crippen LogP contribution in [0.4, 0.5) is 0 Å². The van der Waals surface area contributed by atoms with Gasteiger partial charge in [0.1, 0.15) is 6.07 Å². The van der Waals surface area contributed by atoms with Gasteiger partial charge in [-0.1, -0.05) is 6.92 Å². The third-order valence-electron chi connectivity index (χ3n) is 4.58. The number of nitriles is 1. The number of rotatable bonds is 3. The van der Waals surface area contributed by atoms with E-state index >= 15 is 0 Å². The SMILES string of the molecule is CCN1CCC[C@@H]1CN1CCCn2nc(C#N)cc2C1. The summed E-state index contributed by atoms with van der Waals surface area (Å²) in [6.07, 6.45) is 3.79. The molecule has 1 saturated heterocycles. The lowest BCUT2D eigenvalue weighted by Gasteiger charge is -2.29. The summed E-state index contributed by atoms with van der Waals surface area (Å²) in [4.78, 5) is 5.14. The minimum Gasteiger partial charge on any atom is -0.299 e. The first-order valence-electron chi connectivity index (χ1n) is 7.73. The molecule has 2 aliphatic rings. The molecule has 0 aliphatic carbocycles. The van der Waals surface area contributed by atoms with Crippen molar-refractivity contribution in [2.24, 2.45) is 0 Å². The molecule has 3 rings (SSSR count). The topological polar surface area (TPSA) is 48.1 Å². The van der Waals surface area contributed by atoms with Crippen molar-refractivity contribution >= 4 is 0 Å². The zero-order chi connectivity index (χ0) is 13.9. The number of hydrogen-bond acceptors (Lipinski definition) is 4. The molecule has 0 radical (unpaired) electrons. The average Bonchev–Trinajstić information content (AvgIpc) is 3.01. The van der Waals surface area contributed by atoms with E-state index in [9.17, 15) is 0 Å². The zero-order valence-corrected chi connectivity index (χ0v) is 12.3. The molecular formula is C15H23N5. The number of likely N-dealkylation sites (tertiary alicyclic amines) is 1. The summed E-state index contributed by atoms with van der Waals surface area (Å²) in [5.41, 5.74) is 1.75. The fourth-order valence-corrected chi connectivity index (χ4v) is 3.56. The largest absolute Gasteiger partial charge is 0.299 e. The molecule has 0 aromatic carbocycles. The zero-order valence-electron chi connectivity index (χ0n) is 12.3. The van der Waals surface area contributed by atoms with Gasteiger partial charge in [0, 0.05) is 32.2 Å². The number of aromatic nitrogens is 2. The second kappa shape index (κ2) is 5.94. The first-order chi connectivity index (χ1) is 9.80. The summed E-state index contributed by atoms with van der Waals surface area (Å²) < 4.78 is 2.02. The molecule has 5 nitrogen and oxygen atoms in total. The van der Waals surface area contributed by atoms with E-state index in [1.807, 2.05) is 10.7 Å². The van der Waals surface area contributed by atoms with Crippen molar-refractivity contribution in [2.45, 2.75) is 45.3 Å². The summed E-state index contributed by atoms with van der Waals surface area (Å²) in [5.74, 6) is 0. The maximum Gasteiger partial charge on any atom is 0.162 e. The summed E-state index contributed by atoms with van der Waals surface area (Å²) in [5, 5.41) is 13.3. The number of aryl methyl sites for hydroxylation is 1. The average molecular weight is 273 g/mol. The summed E-state index contributed by atoms with van der Waals surface area (Å²) in [7, 11) is 0. The van der Waals surface area contributed by atoms with E-state index in [2.05, 4.69) is 27.9 Å². The molecule has 20 heavy (non-hydrogen) atoms. The summed E-state index contributed by atoms with van der Waals surface area (Å²) in [6, 6.07) is 4.81. The van der Waals surface area contributed by atoms with Gasteiger partial charge in [-0.25, -0.2) is 0 Å². The summed E-state index contributed by atoms with van der Waals surface area (Å²) >= 11 is 0. The molecule has 0 saturated carbocycles. The number of likely N-dealkylation sites (N-methyl/N-ethyl adjacent to an activating group) is 1. The second-order valence-electron chi connectivity index (χ2n) is 5.87. The Labute approximate surface area is 120 Å². The predicted octanol–water partition coefficient (Wildman–Crippen LogP) is 1.44. The van der Waals surface area contributed by atoms with Crippen LogP contribution >= 0.6 is 0 Å². The molecule has 1 aromatic heterocycles. The Morgan fingerprint density at radius 3 is 3.05 bits per heavy atom. The Morgan fingerprint density at radius 1 is 1.35 bits per heavy atom. The smallest absolute Gasteiger partial charge is 0.162 e. The van der Waals surface area contributed by atoms with Crippen LogP contribution in [-0.2, 0) is 13.1 Å². The van der Waals surface area contributed by atoms with Crippen LogP contribution in [0.3, 0.4) is 0 Å². The molecule has 0 amide bonds. The van der Waals surface area contributed by atoms with Crippen molar-refractivity contribution in [3.05, 3.63) is 17.5 Å². The van der Waals surface area contributed by atoms with Gasteiger partial charge < -0.3 is 0 Å². The molecule has 1 atom stereocenters. The van der Waals surface area contributed by atoms with Crippen LogP contribution in [0.15, 0.2) is 6.07 Å². The highest BCUT2D eigenvalue weighted by atomic mass is 15.3. The standard InChI is InChI=1S/C15H23N5/c1-2-19-7-3-5-14(19)11-18-6-4-8-20-15(12-18)9-13(10-16)17-20/h9,14H,2-8,11-12H2,1H3/t14-/m1/s1. The minimum atomic E-state index is 0.554. The third-order valence-corrected chi connectivity index (χ3v) is 4.58. The highest BCUT2D eigenvalue weighted by Gasteiger charge is 2.26. The maximum atomic E-state index is 8.97. The fraction of sp³-hybridized carbons (Fsp3) is 0.733. The van der Waals surface area contributed by atoms with Gasteiger partial charge in [0.25, 0.3) is 0 Å². The Kier molecular flexibility index (Phi) is 4.04. The van der Waals surface area contributed by atoms with E-state index < -0.39 is 0 Å². The fourth-order valence-electron chi connectivity index (χ4n) is 3.56. The van der Waals surface area contributed by atoms with Crippen molar-refractivity contribution in [2.75, 3.05) is 26.2 Å². The highest BCUT2D eigenvalue weighted by Crippen LogP contribution is 2.20. The van der Waals surface area contributed by atoms with Crippen LogP contribution in [0.2, 0.25) is 0 Å². The van der Waals surface area contributed by atoms with E-state index in [1.54, 1.807) is 0 Å². The number of fused-ring (bicyclic) bond motifs is 1. The van der Waals surface area contributed by atoms with Gasteiger partial charge >= 0.3 is 0 Å². The predicted molar refractivity (Wildman–Crippen MR) is 77.1 cm³/mol. The normalized spacial score (nSPS) is 24.3. The van der Waals surface area contributed by atoms with Crippen LogP contribution in [0.1, 0.15) is 37.6 Å². The Bertz CT molecular complexity index is 501. The van der Waals surface area contributed by atoms with E-state index in [0.29, 0.717) is 11.7 Å². The van der Waals surface area contributed by atoms with E-state index in [1.165, 1.54) is 25.1 Å². The molecule has 108 valence electrons. The van der Waals surface area contributed by atoms with Crippen molar-refractivity contribution in [1.29, 1.82) is 5.26 Å². The van der Waals surface area contributed by atoms with Crippen molar-refractivity contribution in [3.8, 4) is 6.07 Å². The van der Waals surface area contributed by atoms with Gasteiger partial charge in [-0.15, -0.1) is 0 Å². The second-order valence-corrected chi connectivity index (χ2v) is 5.87. The van der Waals surface area contributed by atoms with Gasteiger partial charge in [0.2, 0.25) is 0 Å². The van der Waals surface area contributed by atoms with Crippen molar-refractivity contribution in [1.82, 2.24) is 19.6 Å². The molecule has 1 fully saturated rings. The molecule has 5 heteroatoms. The van der Waals surface area contributed by atoms with Crippen molar-refractivity contribution < 1.29 is 0 Å². The molecule has 3 heterocycles. The molecule has 0 unspecified atom stereocenters. The minimum absolute atomic E-state index is 0.554. The lowest BCUT2D eigenvalue weighted by molar-refractivity contribution is 0.173. The van der Waals surface area contributed by atoms with E-state index in [-0.39, 0.29) is 0 Å². The molecule has 0 N–H and O–H groups in total. The molecule has 0 bridgehead atoms. The van der Waals surface area contributed by atoms with Crippen LogP contribution in [-0.4, -0.2) is 51.8 Å². The molecule has 1 aromatic rings. The van der Waals surface area contributed by atoms with Crippen molar-refractivity contribution in [3.63, 3.8) is 0 Å². The Morgan fingerprint density at radius 2 is 2.25 bits per heavy atom. The Balaban J connectivity index is 1.67. The van der Waals surface area contributed by atoms with Gasteiger partial charge in [0.05, 0.1) is 5.69 Å². The molecule has 0 spiro atoms. The monoisotopic (exact) mass is 273 g/mol. The lowest BCUT2D eigenvalue weighted by atomic mass is 10.2. The van der Waals surface area contributed by atoms with Gasteiger partial charge in [0.15, 0.2) is 5.69 Å². The lowest BCUT2D eigenvalue weighted by Crippen LogP contribution is -2.40. The first-order valence-corrected chi connectivity index (χ1v) is 7.73. The van der Waals surface area contributed by atoms with Crippen LogP contribution in [0.25, 0.3) is 0 Å². The number of hydrogen-bond donors (Lipinski definition) is 0. The van der Waals surface area contributed by atoms with Crippen LogP contribution in [0.5, 0.6) is 0 Å². The number of nitrogens with zero attached hydrogens (tertiary/aromatic N) is 5. The van der Waals surface area contributed by atoms with Crippen LogP contribution < -0.4 is 0 Å². The third kappa shape index (κ3) is 2.72. The maximum absolute atomic E-state index is 8.97. The van der Waals surface area contributed by atoms with E-state index in [4.69, 9.17) is 5.26 Å². The van der Waals surface area contributed by atoms with Gasteiger partial charge in [-0.3, -0.25) is 14.5 Å². The van der Waals surface area contributed by atoms with Gasteiger partial charge in [-0.05, 0) is 38.4 Å². The highest BCUT2D eigenvalue weighted by molar-refractivity contribution is 5.22.